The van der Waals surface area contributed by atoms with Crippen molar-refractivity contribution in [2.45, 2.75) is 66.9 Å². The van der Waals surface area contributed by atoms with E-state index in [4.69, 9.17) is 18.9 Å². The van der Waals surface area contributed by atoms with Crippen molar-refractivity contribution in [3.05, 3.63) is 61.2 Å². The van der Waals surface area contributed by atoms with Crippen molar-refractivity contribution in [2.24, 2.45) is 11.8 Å². The maximum Gasteiger partial charge on any atom is 0.313 e. The highest BCUT2D eigenvalue weighted by atomic mass is 79.9. The SMILES string of the molecule is C=CCCC(=O)N[C@H](COC)[C@H](OC(=O)[C@H]1[C@@H]2O[C@@]3(CC2Br)[C@@H]1C(=O)N([C@H](C)CO)[C@@H]3C(=O)N(CC=C)CCN1CCOCC1)c1ccccc1. The highest BCUT2D eigenvalue weighted by Gasteiger charge is 2.77. The van der Waals surface area contributed by atoms with Gasteiger partial charge in [-0.25, -0.2) is 0 Å². The Morgan fingerprint density at radius 1 is 1.20 bits per heavy atom. The molecule has 5 rings (SSSR count). The van der Waals surface area contributed by atoms with Gasteiger partial charge >= 0.3 is 5.97 Å². The Kier molecular flexibility index (Phi) is 13.5. The zero-order chi connectivity index (χ0) is 36.7. The lowest BCUT2D eigenvalue weighted by Gasteiger charge is -2.39. The Labute approximate surface area is 308 Å². The summed E-state index contributed by atoms with van der Waals surface area (Å²) in [4.78, 5) is 61.6. The molecular weight excluding hydrogens is 724 g/mol. The zero-order valence-electron chi connectivity index (χ0n) is 29.5. The van der Waals surface area contributed by atoms with E-state index >= 15 is 0 Å². The van der Waals surface area contributed by atoms with E-state index in [9.17, 15) is 24.3 Å². The van der Waals surface area contributed by atoms with Gasteiger partial charge in [-0.3, -0.25) is 24.1 Å². The molecule has 2 N–H and O–H groups in total. The number of hydrogen-bond acceptors (Lipinski definition) is 10. The molecule has 2 bridgehead atoms. The van der Waals surface area contributed by atoms with Crippen LogP contribution in [0.4, 0.5) is 0 Å². The number of alkyl halides is 1. The Balaban J connectivity index is 1.46. The lowest BCUT2D eigenvalue weighted by Crippen LogP contribution is -2.59. The van der Waals surface area contributed by atoms with Crippen LogP contribution in [0.5, 0.6) is 0 Å². The summed E-state index contributed by atoms with van der Waals surface area (Å²) in [6.45, 7) is 12.9. The molecule has 0 radical (unpaired) electrons. The number of esters is 1. The number of morpholine rings is 1. The molecule has 4 aliphatic rings. The molecule has 9 atom stereocenters. The van der Waals surface area contributed by atoms with E-state index in [1.165, 1.54) is 12.0 Å². The van der Waals surface area contributed by atoms with Gasteiger partial charge in [-0.1, -0.05) is 58.4 Å². The van der Waals surface area contributed by atoms with Crippen molar-refractivity contribution in [1.82, 2.24) is 20.0 Å². The van der Waals surface area contributed by atoms with Crippen molar-refractivity contribution in [1.29, 1.82) is 0 Å². The number of benzene rings is 1. The third kappa shape index (κ3) is 8.11. The predicted molar refractivity (Wildman–Crippen MR) is 192 cm³/mol. The predicted octanol–water partition coefficient (Wildman–Crippen LogP) is 1.84. The fourth-order valence-electron chi connectivity index (χ4n) is 8.01. The maximum absolute atomic E-state index is 14.7. The number of allylic oxidation sites excluding steroid dienone is 1. The summed E-state index contributed by atoms with van der Waals surface area (Å²) in [5.41, 5.74) is -0.709. The molecule has 1 aromatic rings. The molecule has 4 fully saturated rings. The molecule has 1 spiro atoms. The fraction of sp³-hybridized carbons (Fsp3) is 0.622. The van der Waals surface area contributed by atoms with E-state index in [2.05, 4.69) is 39.3 Å². The van der Waals surface area contributed by atoms with Crippen LogP contribution in [0.2, 0.25) is 0 Å². The number of aliphatic hydroxyl groups is 1. The standard InChI is InChI=1S/C37H51BrN4O9/c1-5-7-13-28(44)39-27(23-48-4)31(25-11-9-8-10-12-25)50-36(47)29-30-34(45)42(24(3)22-43)33(37(30)21-26(38)32(29)51-37)35(46)41(14-6-2)16-15-40-17-19-49-20-18-40/h5-6,8-12,24,26-27,29-33,43H,1-2,7,13-23H2,3-4H3,(H,39,44)/t24-,26?,27-,29-,30+,31-,32-,33-,37+/m1/s1. The minimum atomic E-state index is -1.34. The normalized spacial score (nSPS) is 28.8. The number of amides is 3. The molecule has 0 saturated carbocycles. The van der Waals surface area contributed by atoms with E-state index in [1.54, 1.807) is 36.1 Å². The molecule has 4 heterocycles. The van der Waals surface area contributed by atoms with Gasteiger partial charge in [0.2, 0.25) is 17.7 Å². The molecule has 13 nitrogen and oxygen atoms in total. The minimum absolute atomic E-state index is 0.0482. The van der Waals surface area contributed by atoms with Crippen LogP contribution in [-0.2, 0) is 38.1 Å². The van der Waals surface area contributed by atoms with Crippen molar-refractivity contribution in [3.63, 3.8) is 0 Å². The van der Waals surface area contributed by atoms with Crippen molar-refractivity contribution in [2.75, 3.05) is 66.3 Å². The number of likely N-dealkylation sites (tertiary alicyclic amines) is 1. The van der Waals surface area contributed by atoms with Crippen LogP contribution < -0.4 is 5.32 Å². The van der Waals surface area contributed by atoms with Crippen LogP contribution in [0.15, 0.2) is 55.6 Å². The van der Waals surface area contributed by atoms with Gasteiger partial charge in [0.05, 0.1) is 56.5 Å². The molecule has 1 unspecified atom stereocenters. The van der Waals surface area contributed by atoms with Gasteiger partial charge in [-0.15, -0.1) is 13.2 Å². The van der Waals surface area contributed by atoms with E-state index in [0.29, 0.717) is 44.7 Å². The van der Waals surface area contributed by atoms with Crippen LogP contribution in [0, 0.1) is 11.8 Å². The molecule has 1 aromatic carbocycles. The molecule has 0 aromatic heterocycles. The average Bonchev–Trinajstić information content (AvgIpc) is 3.74. The highest BCUT2D eigenvalue weighted by Crippen LogP contribution is 2.61. The van der Waals surface area contributed by atoms with Crippen LogP contribution >= 0.6 is 15.9 Å². The van der Waals surface area contributed by atoms with Crippen molar-refractivity contribution < 1.29 is 43.2 Å². The third-order valence-electron chi connectivity index (χ3n) is 10.4. The Bertz CT molecular complexity index is 1410. The summed E-state index contributed by atoms with van der Waals surface area (Å²) in [6, 6.07) is 6.50. The first-order chi connectivity index (χ1) is 24.6. The average molecular weight is 776 g/mol. The Hall–Kier alpha value is -3.14. The molecule has 14 heteroatoms. The van der Waals surface area contributed by atoms with Gasteiger partial charge in [0.25, 0.3) is 0 Å². The number of aliphatic hydroxyl groups excluding tert-OH is 1. The number of nitrogens with zero attached hydrogens (tertiary/aromatic N) is 3. The number of methoxy groups -OCH3 is 1. The van der Waals surface area contributed by atoms with E-state index < -0.39 is 59.6 Å². The Morgan fingerprint density at radius 2 is 1.92 bits per heavy atom. The van der Waals surface area contributed by atoms with E-state index in [1.807, 2.05) is 18.2 Å². The first-order valence-electron chi connectivity index (χ1n) is 17.7. The van der Waals surface area contributed by atoms with Gasteiger partial charge in [-0.2, -0.15) is 0 Å². The maximum atomic E-state index is 14.7. The second kappa shape index (κ2) is 17.6. The Morgan fingerprint density at radius 3 is 2.57 bits per heavy atom. The summed E-state index contributed by atoms with van der Waals surface area (Å²) in [5, 5.41) is 13.3. The first kappa shape index (κ1) is 39.1. The summed E-state index contributed by atoms with van der Waals surface area (Å²) >= 11 is 3.72. The van der Waals surface area contributed by atoms with Crippen LogP contribution in [0.3, 0.4) is 0 Å². The number of hydrogen-bond donors (Lipinski definition) is 2. The van der Waals surface area contributed by atoms with Gasteiger partial charge in [0.1, 0.15) is 17.7 Å². The summed E-state index contributed by atoms with van der Waals surface area (Å²) in [5.74, 6) is -3.79. The summed E-state index contributed by atoms with van der Waals surface area (Å²) < 4.78 is 23.9. The van der Waals surface area contributed by atoms with Crippen LogP contribution in [-0.4, -0.2) is 144 Å². The molecule has 4 aliphatic heterocycles. The number of ether oxygens (including phenoxy) is 4. The monoisotopic (exact) mass is 774 g/mol. The minimum Gasteiger partial charge on any atom is -0.455 e. The molecule has 51 heavy (non-hydrogen) atoms. The number of carbonyl (C=O) groups is 4. The number of carbonyl (C=O) groups excluding carboxylic acids is 4. The van der Waals surface area contributed by atoms with E-state index in [0.717, 1.165) is 13.1 Å². The lowest BCUT2D eigenvalue weighted by atomic mass is 9.70. The van der Waals surface area contributed by atoms with E-state index in [-0.39, 0.29) is 42.8 Å². The lowest BCUT2D eigenvalue weighted by molar-refractivity contribution is -0.163. The summed E-state index contributed by atoms with van der Waals surface area (Å²) in [7, 11) is 1.50. The van der Waals surface area contributed by atoms with Gasteiger partial charge < -0.3 is 39.2 Å². The topological polar surface area (TPSA) is 147 Å². The van der Waals surface area contributed by atoms with Gasteiger partial charge in [0, 0.05) is 51.1 Å². The largest absolute Gasteiger partial charge is 0.455 e. The van der Waals surface area contributed by atoms with Crippen LogP contribution in [0.25, 0.3) is 0 Å². The molecule has 3 amide bonds. The number of nitrogens with one attached hydrogen (secondary N) is 1. The molecule has 280 valence electrons. The first-order valence-corrected chi connectivity index (χ1v) is 18.6. The second-order valence-electron chi connectivity index (χ2n) is 13.7. The van der Waals surface area contributed by atoms with Gasteiger partial charge in [-0.05, 0) is 25.3 Å². The molecular formula is C37H51BrN4O9. The molecule has 4 saturated heterocycles. The van der Waals surface area contributed by atoms with Crippen molar-refractivity contribution >= 4 is 39.6 Å². The number of fused-ring (bicyclic) bond motifs is 1. The van der Waals surface area contributed by atoms with Crippen molar-refractivity contribution in [3.8, 4) is 0 Å². The number of halogens is 1. The summed E-state index contributed by atoms with van der Waals surface area (Å²) in [6.07, 6.45) is 2.57. The van der Waals surface area contributed by atoms with Gasteiger partial charge in [0.15, 0.2) is 0 Å². The smallest absolute Gasteiger partial charge is 0.313 e. The zero-order valence-corrected chi connectivity index (χ0v) is 31.1. The van der Waals surface area contributed by atoms with Crippen LogP contribution in [0.1, 0.15) is 37.9 Å². The fourth-order valence-corrected chi connectivity index (χ4v) is 8.95. The number of rotatable bonds is 18. The quantitative estimate of drug-likeness (QED) is 0.129. The highest BCUT2D eigenvalue weighted by molar-refractivity contribution is 9.09. The molecule has 0 aliphatic carbocycles. The third-order valence-corrected chi connectivity index (χ3v) is 11.3. The second-order valence-corrected chi connectivity index (χ2v) is 14.9.